The molecule has 26 heavy (non-hydrogen) atoms. The Bertz CT molecular complexity index is 734. The van der Waals surface area contributed by atoms with Crippen LogP contribution >= 0.6 is 0 Å². The summed E-state index contributed by atoms with van der Waals surface area (Å²) in [5.74, 6) is 0.188. The van der Waals surface area contributed by atoms with Gasteiger partial charge < -0.3 is 4.90 Å². The maximum absolute atomic E-state index is 12.8. The predicted molar refractivity (Wildman–Crippen MR) is 107 cm³/mol. The molecule has 3 rings (SSSR count). The first-order valence-corrected chi connectivity index (χ1v) is 9.82. The summed E-state index contributed by atoms with van der Waals surface area (Å²) in [6.07, 6.45) is 3.51. The van der Waals surface area contributed by atoms with Crippen LogP contribution in [0.3, 0.4) is 0 Å². The zero-order chi connectivity index (χ0) is 18.4. The maximum atomic E-state index is 12.8. The van der Waals surface area contributed by atoms with E-state index in [0.717, 1.165) is 51.1 Å². The molecule has 0 unspecified atom stereocenters. The van der Waals surface area contributed by atoms with Gasteiger partial charge in [0.2, 0.25) is 0 Å². The van der Waals surface area contributed by atoms with E-state index in [9.17, 15) is 4.79 Å². The predicted octanol–water partition coefficient (Wildman–Crippen LogP) is 4.64. The van der Waals surface area contributed by atoms with Crippen LogP contribution in [0.25, 0.3) is 0 Å². The zero-order valence-electron chi connectivity index (χ0n) is 16.1. The van der Waals surface area contributed by atoms with Crippen molar-refractivity contribution in [2.75, 3.05) is 19.6 Å². The van der Waals surface area contributed by atoms with Gasteiger partial charge in [0.15, 0.2) is 0 Å². The third kappa shape index (κ3) is 4.73. The van der Waals surface area contributed by atoms with E-state index in [0.29, 0.717) is 0 Å². The van der Waals surface area contributed by atoms with E-state index in [1.54, 1.807) is 0 Å². The quantitative estimate of drug-likeness (QED) is 0.757. The molecule has 2 aromatic rings. The van der Waals surface area contributed by atoms with Crippen LogP contribution in [0.4, 0.5) is 0 Å². The molecule has 0 spiro atoms. The Kier molecular flexibility index (Phi) is 6.45. The van der Waals surface area contributed by atoms with Crippen LogP contribution < -0.4 is 0 Å². The number of nitrogens with zero attached hydrogens (tertiary/aromatic N) is 2. The molecule has 3 heteroatoms. The average molecular weight is 351 g/mol. The Morgan fingerprint density at radius 1 is 1.00 bits per heavy atom. The van der Waals surface area contributed by atoms with Crippen molar-refractivity contribution in [2.45, 2.75) is 46.2 Å². The first-order chi connectivity index (χ1) is 12.7. The standard InChI is InChI=1S/C23H30N2O/c1-3-24(18-22-12-6-5-10-19(22)2)17-20-11-9-13-21(16-20)23(26)25-14-7-4-8-15-25/h5-6,9-13,16H,3-4,7-8,14-15,17-18H2,1-2H3. The van der Waals surface area contributed by atoms with Crippen molar-refractivity contribution < 1.29 is 4.79 Å². The summed E-state index contributed by atoms with van der Waals surface area (Å²) >= 11 is 0. The van der Waals surface area contributed by atoms with Crippen LogP contribution in [0, 0.1) is 6.92 Å². The summed E-state index contributed by atoms with van der Waals surface area (Å²) in [7, 11) is 0. The second-order valence-corrected chi connectivity index (χ2v) is 7.28. The lowest BCUT2D eigenvalue weighted by atomic mass is 10.1. The van der Waals surface area contributed by atoms with Crippen LogP contribution in [-0.2, 0) is 13.1 Å². The van der Waals surface area contributed by atoms with Gasteiger partial charge in [0.25, 0.3) is 5.91 Å². The number of carbonyl (C=O) groups excluding carboxylic acids is 1. The van der Waals surface area contributed by atoms with Gasteiger partial charge in [-0.1, -0.05) is 43.3 Å². The maximum Gasteiger partial charge on any atom is 0.253 e. The topological polar surface area (TPSA) is 23.6 Å². The van der Waals surface area contributed by atoms with Crippen molar-refractivity contribution >= 4 is 5.91 Å². The summed E-state index contributed by atoms with van der Waals surface area (Å²) in [6.45, 7) is 8.95. The summed E-state index contributed by atoms with van der Waals surface area (Å²) < 4.78 is 0. The molecule has 1 heterocycles. The largest absolute Gasteiger partial charge is 0.339 e. The minimum Gasteiger partial charge on any atom is -0.339 e. The number of hydrogen-bond acceptors (Lipinski definition) is 2. The van der Waals surface area contributed by atoms with Crippen molar-refractivity contribution in [2.24, 2.45) is 0 Å². The molecule has 1 aliphatic rings. The van der Waals surface area contributed by atoms with E-state index in [2.05, 4.69) is 55.1 Å². The van der Waals surface area contributed by atoms with Crippen molar-refractivity contribution in [1.82, 2.24) is 9.80 Å². The average Bonchev–Trinajstić information content (AvgIpc) is 2.69. The molecule has 138 valence electrons. The molecule has 2 aromatic carbocycles. The smallest absolute Gasteiger partial charge is 0.253 e. The fraction of sp³-hybridized carbons (Fsp3) is 0.435. The summed E-state index contributed by atoms with van der Waals surface area (Å²) in [6, 6.07) is 16.8. The number of piperidine rings is 1. The monoisotopic (exact) mass is 350 g/mol. The van der Waals surface area contributed by atoms with Crippen molar-refractivity contribution in [1.29, 1.82) is 0 Å². The molecule has 3 nitrogen and oxygen atoms in total. The number of likely N-dealkylation sites (tertiary alicyclic amines) is 1. The van der Waals surface area contributed by atoms with Gasteiger partial charge in [-0.3, -0.25) is 9.69 Å². The number of rotatable bonds is 6. The molecule has 0 aromatic heterocycles. The fourth-order valence-corrected chi connectivity index (χ4v) is 3.65. The Hall–Kier alpha value is -2.13. The van der Waals surface area contributed by atoms with E-state index >= 15 is 0 Å². The van der Waals surface area contributed by atoms with E-state index in [1.807, 2.05) is 17.0 Å². The number of carbonyl (C=O) groups is 1. The van der Waals surface area contributed by atoms with Crippen LogP contribution in [0.1, 0.15) is 53.2 Å². The first-order valence-electron chi connectivity index (χ1n) is 9.82. The number of aryl methyl sites for hydroxylation is 1. The highest BCUT2D eigenvalue weighted by molar-refractivity contribution is 5.94. The van der Waals surface area contributed by atoms with E-state index in [1.165, 1.54) is 23.1 Å². The third-order valence-corrected chi connectivity index (χ3v) is 5.33. The van der Waals surface area contributed by atoms with E-state index in [4.69, 9.17) is 0 Å². The van der Waals surface area contributed by atoms with Gasteiger partial charge in [0.1, 0.15) is 0 Å². The van der Waals surface area contributed by atoms with E-state index < -0.39 is 0 Å². The molecule has 0 N–H and O–H groups in total. The molecular formula is C23H30N2O. The van der Waals surface area contributed by atoms with Gasteiger partial charge in [-0.25, -0.2) is 0 Å². The molecule has 1 amide bonds. The van der Waals surface area contributed by atoms with Gasteiger partial charge >= 0.3 is 0 Å². The zero-order valence-corrected chi connectivity index (χ0v) is 16.1. The minimum atomic E-state index is 0.188. The Labute approximate surface area is 157 Å². The molecule has 1 aliphatic heterocycles. The SMILES string of the molecule is CCN(Cc1cccc(C(=O)N2CCCCC2)c1)Cc1ccccc1C. The molecule has 1 fully saturated rings. The first kappa shape index (κ1) is 18.7. The summed E-state index contributed by atoms with van der Waals surface area (Å²) in [5.41, 5.74) is 4.74. The van der Waals surface area contributed by atoms with Crippen LogP contribution in [-0.4, -0.2) is 35.3 Å². The molecule has 0 aliphatic carbocycles. The third-order valence-electron chi connectivity index (χ3n) is 5.33. The Balaban J connectivity index is 1.68. The lowest BCUT2D eigenvalue weighted by Gasteiger charge is -2.27. The normalized spacial score (nSPS) is 14.7. The fourth-order valence-electron chi connectivity index (χ4n) is 3.65. The molecule has 0 radical (unpaired) electrons. The molecule has 0 atom stereocenters. The highest BCUT2D eigenvalue weighted by Gasteiger charge is 2.18. The summed E-state index contributed by atoms with van der Waals surface area (Å²) in [4.78, 5) is 17.2. The van der Waals surface area contributed by atoms with Gasteiger partial charge in [0.05, 0.1) is 0 Å². The Morgan fingerprint density at radius 2 is 1.77 bits per heavy atom. The number of benzene rings is 2. The van der Waals surface area contributed by atoms with Crippen molar-refractivity contribution in [3.05, 3.63) is 70.8 Å². The lowest BCUT2D eigenvalue weighted by molar-refractivity contribution is 0.0724. The van der Waals surface area contributed by atoms with Crippen molar-refractivity contribution in [3.8, 4) is 0 Å². The van der Waals surface area contributed by atoms with E-state index in [-0.39, 0.29) is 5.91 Å². The van der Waals surface area contributed by atoms with Gasteiger partial charge in [-0.2, -0.15) is 0 Å². The van der Waals surface area contributed by atoms with Gasteiger partial charge in [0, 0.05) is 31.7 Å². The number of hydrogen-bond donors (Lipinski definition) is 0. The molecular weight excluding hydrogens is 320 g/mol. The van der Waals surface area contributed by atoms with Crippen LogP contribution in [0.2, 0.25) is 0 Å². The van der Waals surface area contributed by atoms with Gasteiger partial charge in [-0.05, 0) is 61.6 Å². The highest BCUT2D eigenvalue weighted by atomic mass is 16.2. The lowest BCUT2D eigenvalue weighted by Crippen LogP contribution is -2.35. The van der Waals surface area contributed by atoms with Crippen LogP contribution in [0.15, 0.2) is 48.5 Å². The molecule has 1 saturated heterocycles. The van der Waals surface area contributed by atoms with Gasteiger partial charge in [-0.15, -0.1) is 0 Å². The Morgan fingerprint density at radius 3 is 2.50 bits per heavy atom. The minimum absolute atomic E-state index is 0.188. The van der Waals surface area contributed by atoms with Crippen molar-refractivity contribution in [3.63, 3.8) is 0 Å². The highest BCUT2D eigenvalue weighted by Crippen LogP contribution is 2.17. The second-order valence-electron chi connectivity index (χ2n) is 7.28. The molecule has 0 saturated carbocycles. The summed E-state index contributed by atoms with van der Waals surface area (Å²) in [5, 5.41) is 0. The molecule has 0 bridgehead atoms. The number of amides is 1. The van der Waals surface area contributed by atoms with Crippen LogP contribution in [0.5, 0.6) is 0 Å². The second kappa shape index (κ2) is 9.00.